The topological polar surface area (TPSA) is 59.4 Å². The second-order valence-corrected chi connectivity index (χ2v) is 4.67. The number of benzene rings is 2. The summed E-state index contributed by atoms with van der Waals surface area (Å²) in [6.45, 7) is 0. The normalized spacial score (nSPS) is 12.7. The van der Waals surface area contributed by atoms with Crippen LogP contribution >= 0.6 is 0 Å². The summed E-state index contributed by atoms with van der Waals surface area (Å²) >= 11 is 0. The number of phenolic OH excluding ortho intramolecular Hbond substituents is 1. The molecule has 3 N–H and O–H groups in total. The maximum absolute atomic E-state index is 9.47. The third-order valence-corrected chi connectivity index (χ3v) is 3.28. The van der Waals surface area contributed by atoms with Gasteiger partial charge in [-0.15, -0.1) is 0 Å². The lowest BCUT2D eigenvalue weighted by Gasteiger charge is -2.10. The van der Waals surface area contributed by atoms with Crippen LogP contribution < -0.4 is 5.73 Å². The molecule has 0 fully saturated rings. The average Bonchev–Trinajstić information content (AvgIpc) is 2.82. The summed E-state index contributed by atoms with van der Waals surface area (Å²) in [5, 5.41) is 10.5. The summed E-state index contributed by atoms with van der Waals surface area (Å²) in [6, 6.07) is 14.9. The second kappa shape index (κ2) is 4.78. The number of rotatable bonds is 3. The summed E-state index contributed by atoms with van der Waals surface area (Å²) in [5.41, 5.74) is 9.11. The molecule has 0 amide bonds. The Morgan fingerprint density at radius 3 is 2.79 bits per heavy atom. The van der Waals surface area contributed by atoms with Crippen molar-refractivity contribution in [2.24, 2.45) is 5.73 Å². The first-order valence-corrected chi connectivity index (χ1v) is 6.23. The van der Waals surface area contributed by atoms with Gasteiger partial charge in [0.15, 0.2) is 0 Å². The summed E-state index contributed by atoms with van der Waals surface area (Å²) in [5.74, 6) is 0.266. The molecule has 2 aromatic carbocycles. The van der Waals surface area contributed by atoms with Gasteiger partial charge in [-0.3, -0.25) is 0 Å². The second-order valence-electron chi connectivity index (χ2n) is 4.67. The molecule has 0 aliphatic carbocycles. The van der Waals surface area contributed by atoms with E-state index in [0.717, 1.165) is 22.1 Å². The summed E-state index contributed by atoms with van der Waals surface area (Å²) in [4.78, 5) is 0. The Balaban J connectivity index is 1.90. The molecule has 1 unspecified atom stereocenters. The van der Waals surface area contributed by atoms with Crippen LogP contribution in [0, 0.1) is 0 Å². The third kappa shape index (κ3) is 2.33. The number of fused-ring (bicyclic) bond motifs is 1. The van der Waals surface area contributed by atoms with Crippen molar-refractivity contribution >= 4 is 11.0 Å². The van der Waals surface area contributed by atoms with Gasteiger partial charge in [-0.2, -0.15) is 0 Å². The van der Waals surface area contributed by atoms with Gasteiger partial charge in [0.25, 0.3) is 0 Å². The van der Waals surface area contributed by atoms with Crippen molar-refractivity contribution in [1.29, 1.82) is 0 Å². The van der Waals surface area contributed by atoms with Crippen molar-refractivity contribution < 1.29 is 9.52 Å². The van der Waals surface area contributed by atoms with Crippen LogP contribution in [0.2, 0.25) is 0 Å². The Bertz CT molecular complexity index is 703. The zero-order chi connectivity index (χ0) is 13.2. The Labute approximate surface area is 111 Å². The highest BCUT2D eigenvalue weighted by Crippen LogP contribution is 2.27. The zero-order valence-corrected chi connectivity index (χ0v) is 10.4. The van der Waals surface area contributed by atoms with Gasteiger partial charge in [0.1, 0.15) is 11.3 Å². The van der Waals surface area contributed by atoms with Gasteiger partial charge in [0.2, 0.25) is 0 Å². The van der Waals surface area contributed by atoms with E-state index in [0.29, 0.717) is 6.42 Å². The molecule has 1 atom stereocenters. The first-order valence-electron chi connectivity index (χ1n) is 6.23. The largest absolute Gasteiger partial charge is 0.508 e. The molecule has 1 heterocycles. The Hall–Kier alpha value is -2.26. The summed E-state index contributed by atoms with van der Waals surface area (Å²) < 4.78 is 5.50. The van der Waals surface area contributed by atoms with E-state index in [9.17, 15) is 5.11 Å². The number of para-hydroxylation sites is 1. The fourth-order valence-corrected chi connectivity index (χ4v) is 2.33. The minimum Gasteiger partial charge on any atom is -0.508 e. The van der Waals surface area contributed by atoms with Crippen LogP contribution in [0.4, 0.5) is 0 Å². The third-order valence-electron chi connectivity index (χ3n) is 3.28. The molecule has 0 spiro atoms. The lowest BCUT2D eigenvalue weighted by atomic mass is 9.99. The average molecular weight is 253 g/mol. The first kappa shape index (κ1) is 11.8. The summed E-state index contributed by atoms with van der Waals surface area (Å²) in [7, 11) is 0. The number of aromatic hydroxyl groups is 1. The highest BCUT2D eigenvalue weighted by Gasteiger charge is 2.13. The molecule has 96 valence electrons. The van der Waals surface area contributed by atoms with E-state index in [1.165, 1.54) is 0 Å². The van der Waals surface area contributed by atoms with Crippen LogP contribution in [0.1, 0.15) is 17.2 Å². The predicted octanol–water partition coefficient (Wildman–Crippen LogP) is 3.38. The van der Waals surface area contributed by atoms with Crippen LogP contribution in [-0.2, 0) is 6.42 Å². The van der Waals surface area contributed by atoms with Crippen LogP contribution in [0.15, 0.2) is 59.2 Å². The van der Waals surface area contributed by atoms with Crippen molar-refractivity contribution in [2.45, 2.75) is 12.5 Å². The molecule has 3 nitrogen and oxygen atoms in total. The molecule has 0 aliphatic rings. The molecule has 0 saturated heterocycles. The molecular formula is C16H15NO2. The van der Waals surface area contributed by atoms with Gasteiger partial charge in [-0.1, -0.05) is 30.3 Å². The van der Waals surface area contributed by atoms with E-state index in [4.69, 9.17) is 10.2 Å². The quantitative estimate of drug-likeness (QED) is 0.752. The Morgan fingerprint density at radius 1 is 1.11 bits per heavy atom. The highest BCUT2D eigenvalue weighted by atomic mass is 16.3. The number of hydrogen-bond acceptors (Lipinski definition) is 3. The molecule has 0 bridgehead atoms. The van der Waals surface area contributed by atoms with E-state index in [1.807, 2.05) is 36.4 Å². The molecule has 0 saturated carbocycles. The van der Waals surface area contributed by atoms with Gasteiger partial charge in [-0.25, -0.2) is 0 Å². The lowest BCUT2D eigenvalue weighted by molar-refractivity contribution is 0.474. The molecule has 0 aliphatic heterocycles. The van der Waals surface area contributed by atoms with Crippen LogP contribution in [0.5, 0.6) is 5.75 Å². The molecule has 3 rings (SSSR count). The maximum Gasteiger partial charge on any atom is 0.134 e. The van der Waals surface area contributed by atoms with E-state index in [2.05, 4.69) is 0 Å². The van der Waals surface area contributed by atoms with E-state index in [-0.39, 0.29) is 11.8 Å². The van der Waals surface area contributed by atoms with Gasteiger partial charge in [0, 0.05) is 17.0 Å². The minimum absolute atomic E-state index is 0.148. The molecule has 0 radical (unpaired) electrons. The molecule has 1 aromatic heterocycles. The predicted molar refractivity (Wildman–Crippen MR) is 75.0 cm³/mol. The Kier molecular flexibility index (Phi) is 2.97. The van der Waals surface area contributed by atoms with Gasteiger partial charge in [0.05, 0.1) is 6.26 Å². The SMILES string of the molecule is NC(Cc1cccc(O)c1)c1coc2ccccc12. The van der Waals surface area contributed by atoms with Crippen molar-refractivity contribution in [1.82, 2.24) is 0 Å². The lowest BCUT2D eigenvalue weighted by Crippen LogP contribution is -2.12. The molecule has 19 heavy (non-hydrogen) atoms. The first-order chi connectivity index (χ1) is 9.24. The van der Waals surface area contributed by atoms with Crippen molar-refractivity contribution in [2.75, 3.05) is 0 Å². The van der Waals surface area contributed by atoms with Gasteiger partial charge >= 0.3 is 0 Å². The molecule has 3 heteroatoms. The van der Waals surface area contributed by atoms with Gasteiger partial charge in [-0.05, 0) is 30.2 Å². The van der Waals surface area contributed by atoms with Gasteiger partial charge < -0.3 is 15.3 Å². The van der Waals surface area contributed by atoms with E-state index in [1.54, 1.807) is 18.4 Å². The van der Waals surface area contributed by atoms with Crippen LogP contribution in [0.25, 0.3) is 11.0 Å². The van der Waals surface area contributed by atoms with Crippen molar-refractivity contribution in [3.8, 4) is 5.75 Å². The maximum atomic E-state index is 9.47. The smallest absolute Gasteiger partial charge is 0.134 e. The van der Waals surface area contributed by atoms with E-state index < -0.39 is 0 Å². The fourth-order valence-electron chi connectivity index (χ4n) is 2.33. The Morgan fingerprint density at radius 2 is 1.95 bits per heavy atom. The monoisotopic (exact) mass is 253 g/mol. The number of phenols is 1. The number of hydrogen-bond donors (Lipinski definition) is 2. The molecular weight excluding hydrogens is 238 g/mol. The van der Waals surface area contributed by atoms with E-state index >= 15 is 0 Å². The fraction of sp³-hybridized carbons (Fsp3) is 0.125. The van der Waals surface area contributed by atoms with Crippen molar-refractivity contribution in [3.05, 3.63) is 65.9 Å². The highest BCUT2D eigenvalue weighted by molar-refractivity contribution is 5.81. The zero-order valence-electron chi connectivity index (χ0n) is 10.4. The number of furan rings is 1. The number of nitrogens with two attached hydrogens (primary N) is 1. The molecule has 3 aromatic rings. The van der Waals surface area contributed by atoms with Crippen LogP contribution in [0.3, 0.4) is 0 Å². The minimum atomic E-state index is -0.148. The van der Waals surface area contributed by atoms with Crippen LogP contribution in [-0.4, -0.2) is 5.11 Å². The van der Waals surface area contributed by atoms with Crippen molar-refractivity contribution in [3.63, 3.8) is 0 Å². The standard InChI is InChI=1S/C16H15NO2/c17-15(9-11-4-3-5-12(18)8-11)14-10-19-16-7-2-1-6-13(14)16/h1-8,10,15,18H,9,17H2. The summed E-state index contributed by atoms with van der Waals surface area (Å²) in [6.07, 6.45) is 2.38.